The molecule has 0 aromatic carbocycles. The van der Waals surface area contributed by atoms with E-state index in [4.69, 9.17) is 9.47 Å². The van der Waals surface area contributed by atoms with Crippen molar-refractivity contribution >= 4 is 12.1 Å². The molecule has 0 fully saturated rings. The van der Waals surface area contributed by atoms with Crippen molar-refractivity contribution in [2.24, 2.45) is 5.41 Å². The lowest BCUT2D eigenvalue weighted by Gasteiger charge is -2.31. The molecule has 2 N–H and O–H groups in total. The van der Waals surface area contributed by atoms with Gasteiger partial charge in [-0.2, -0.15) is 0 Å². The van der Waals surface area contributed by atoms with E-state index in [-0.39, 0.29) is 12.6 Å². The summed E-state index contributed by atoms with van der Waals surface area (Å²) in [5.41, 5.74) is -1.66. The van der Waals surface area contributed by atoms with Crippen LogP contribution >= 0.6 is 0 Å². The number of nitrogens with one attached hydrogen (secondary N) is 1. The zero-order valence-electron chi connectivity index (χ0n) is 13.3. The van der Waals surface area contributed by atoms with Gasteiger partial charge in [0.2, 0.25) is 0 Å². The van der Waals surface area contributed by atoms with Gasteiger partial charge in [0.1, 0.15) is 5.60 Å². The van der Waals surface area contributed by atoms with Gasteiger partial charge >= 0.3 is 12.1 Å². The second-order valence-electron chi connectivity index (χ2n) is 6.04. The van der Waals surface area contributed by atoms with Gasteiger partial charge in [-0.15, -0.1) is 0 Å². The van der Waals surface area contributed by atoms with Gasteiger partial charge in [0.25, 0.3) is 0 Å². The predicted molar refractivity (Wildman–Crippen MR) is 75.7 cm³/mol. The monoisotopic (exact) mass is 289 g/mol. The van der Waals surface area contributed by atoms with E-state index in [2.05, 4.69) is 5.32 Å². The lowest BCUT2D eigenvalue weighted by atomic mass is 9.80. The Balaban J connectivity index is 4.75. The van der Waals surface area contributed by atoms with Crippen molar-refractivity contribution in [1.29, 1.82) is 0 Å². The Morgan fingerprint density at radius 2 is 1.85 bits per heavy atom. The van der Waals surface area contributed by atoms with Gasteiger partial charge in [-0.05, 0) is 40.5 Å². The molecule has 118 valence electrons. The molecule has 0 aliphatic heterocycles. The first-order chi connectivity index (χ1) is 9.06. The number of carbonyl (C=O) groups excluding carboxylic acids is 1. The van der Waals surface area contributed by atoms with Crippen molar-refractivity contribution in [1.82, 2.24) is 5.32 Å². The highest BCUT2D eigenvalue weighted by molar-refractivity contribution is 5.76. The van der Waals surface area contributed by atoms with Crippen molar-refractivity contribution in [3.8, 4) is 0 Å². The highest BCUT2D eigenvalue weighted by Gasteiger charge is 2.39. The first-order valence-electron chi connectivity index (χ1n) is 6.79. The summed E-state index contributed by atoms with van der Waals surface area (Å²) in [6, 6.07) is 0. The first kappa shape index (κ1) is 18.7. The maximum absolute atomic E-state index is 11.6. The van der Waals surface area contributed by atoms with Crippen LogP contribution in [0.25, 0.3) is 0 Å². The van der Waals surface area contributed by atoms with Crippen molar-refractivity contribution in [2.45, 2.75) is 59.2 Å². The number of amides is 1. The molecule has 0 aromatic heterocycles. The minimum Gasteiger partial charge on any atom is -0.481 e. The van der Waals surface area contributed by atoms with Crippen LogP contribution in [0.2, 0.25) is 0 Å². The first-order valence-corrected chi connectivity index (χ1v) is 6.79. The predicted octanol–water partition coefficient (Wildman–Crippen LogP) is 2.42. The zero-order chi connectivity index (χ0) is 16.0. The molecule has 1 amide bonds. The van der Waals surface area contributed by atoms with Crippen molar-refractivity contribution < 1.29 is 24.2 Å². The maximum Gasteiger partial charge on any atom is 0.407 e. The molecule has 0 aliphatic carbocycles. The summed E-state index contributed by atoms with van der Waals surface area (Å²) in [5.74, 6) is -0.944. The number of carboxylic acid groups (broad SMARTS) is 1. The molecule has 2 unspecified atom stereocenters. The third kappa shape index (κ3) is 6.23. The van der Waals surface area contributed by atoms with Crippen LogP contribution in [0.1, 0.15) is 47.5 Å². The van der Waals surface area contributed by atoms with Gasteiger partial charge in [0.15, 0.2) is 0 Å². The zero-order valence-corrected chi connectivity index (χ0v) is 13.3. The van der Waals surface area contributed by atoms with Crippen LogP contribution in [0.5, 0.6) is 0 Å². The van der Waals surface area contributed by atoms with E-state index >= 15 is 0 Å². The Morgan fingerprint density at radius 1 is 1.30 bits per heavy atom. The van der Waals surface area contributed by atoms with E-state index in [0.717, 1.165) is 0 Å². The molecule has 0 heterocycles. The summed E-state index contributed by atoms with van der Waals surface area (Å²) in [4.78, 5) is 23.2. The topological polar surface area (TPSA) is 84.9 Å². The number of aliphatic carboxylic acids is 1. The highest BCUT2D eigenvalue weighted by atomic mass is 16.6. The fraction of sp³-hybridized carbons (Fsp3) is 0.857. The fourth-order valence-corrected chi connectivity index (χ4v) is 1.84. The van der Waals surface area contributed by atoms with Gasteiger partial charge in [-0.25, -0.2) is 4.79 Å². The van der Waals surface area contributed by atoms with Crippen LogP contribution < -0.4 is 5.32 Å². The Kier molecular flexibility index (Phi) is 6.99. The molecule has 0 saturated heterocycles. The van der Waals surface area contributed by atoms with E-state index in [0.29, 0.717) is 12.8 Å². The summed E-state index contributed by atoms with van der Waals surface area (Å²) in [5, 5.41) is 12.0. The summed E-state index contributed by atoms with van der Waals surface area (Å²) in [6.07, 6.45) is -0.0927. The number of hydrogen-bond acceptors (Lipinski definition) is 4. The molecule has 0 bridgehead atoms. The van der Waals surface area contributed by atoms with Crippen LogP contribution in [0.3, 0.4) is 0 Å². The van der Waals surface area contributed by atoms with Gasteiger partial charge in [0.05, 0.1) is 11.5 Å². The average molecular weight is 289 g/mol. The number of alkyl carbamates (subject to hydrolysis) is 1. The van der Waals surface area contributed by atoms with Crippen molar-refractivity contribution in [3.63, 3.8) is 0 Å². The fourth-order valence-electron chi connectivity index (χ4n) is 1.84. The molecule has 0 saturated carbocycles. The van der Waals surface area contributed by atoms with Gasteiger partial charge in [-0.3, -0.25) is 4.79 Å². The second kappa shape index (κ2) is 7.47. The molecule has 20 heavy (non-hydrogen) atoms. The molecule has 0 aliphatic rings. The second-order valence-corrected chi connectivity index (χ2v) is 6.04. The molecular formula is C14H27NO5. The number of methoxy groups -OCH3 is 1. The van der Waals surface area contributed by atoms with Gasteiger partial charge in [0, 0.05) is 13.7 Å². The Bertz CT molecular complexity index is 337. The minimum absolute atomic E-state index is 0.0153. The minimum atomic E-state index is -1.05. The lowest BCUT2D eigenvalue weighted by Crippen LogP contribution is -2.46. The van der Waals surface area contributed by atoms with Crippen molar-refractivity contribution in [2.75, 3.05) is 13.7 Å². The third-order valence-electron chi connectivity index (χ3n) is 3.18. The molecule has 0 spiro atoms. The molecule has 0 aromatic rings. The van der Waals surface area contributed by atoms with E-state index in [9.17, 15) is 14.7 Å². The SMILES string of the molecule is CCC(CNC(=O)OC(C)(C)C)(CC(C)OC)C(=O)O. The average Bonchev–Trinajstić information content (AvgIpc) is 2.31. The number of rotatable bonds is 7. The molecule has 0 radical (unpaired) electrons. The quantitative estimate of drug-likeness (QED) is 0.752. The molecule has 0 rings (SSSR count). The van der Waals surface area contributed by atoms with Crippen LogP contribution in [-0.2, 0) is 14.3 Å². The lowest BCUT2D eigenvalue weighted by molar-refractivity contribution is -0.151. The van der Waals surface area contributed by atoms with Crippen molar-refractivity contribution in [3.05, 3.63) is 0 Å². The van der Waals surface area contributed by atoms with Gasteiger partial charge in [-0.1, -0.05) is 6.92 Å². The normalized spacial score (nSPS) is 16.1. The summed E-state index contributed by atoms with van der Waals surface area (Å²) >= 11 is 0. The summed E-state index contributed by atoms with van der Waals surface area (Å²) in [7, 11) is 1.54. The number of ether oxygens (including phenoxy) is 2. The van der Waals surface area contributed by atoms with Crippen LogP contribution in [0.15, 0.2) is 0 Å². The Hall–Kier alpha value is -1.30. The van der Waals surface area contributed by atoms with Crippen LogP contribution in [-0.4, -0.2) is 42.5 Å². The molecule has 6 heteroatoms. The summed E-state index contributed by atoms with van der Waals surface area (Å²) < 4.78 is 10.3. The standard InChI is InChI=1S/C14H27NO5/c1-7-14(11(16)17,8-10(2)19-6)9-15-12(18)20-13(3,4)5/h10H,7-9H2,1-6H3,(H,15,18)(H,16,17). The molecule has 6 nitrogen and oxygen atoms in total. The number of carboxylic acids is 1. The van der Waals surface area contributed by atoms with E-state index in [1.54, 1.807) is 34.6 Å². The molecular weight excluding hydrogens is 262 g/mol. The van der Waals surface area contributed by atoms with E-state index in [1.807, 2.05) is 0 Å². The van der Waals surface area contributed by atoms with Crippen LogP contribution in [0.4, 0.5) is 4.79 Å². The smallest absolute Gasteiger partial charge is 0.407 e. The van der Waals surface area contributed by atoms with Gasteiger partial charge < -0.3 is 19.9 Å². The Labute approximate surface area is 120 Å². The van der Waals surface area contributed by atoms with E-state index in [1.165, 1.54) is 7.11 Å². The van der Waals surface area contributed by atoms with Crippen LogP contribution in [0, 0.1) is 5.41 Å². The number of hydrogen-bond donors (Lipinski definition) is 2. The molecule has 2 atom stereocenters. The Morgan fingerprint density at radius 3 is 2.20 bits per heavy atom. The highest BCUT2D eigenvalue weighted by Crippen LogP contribution is 2.29. The third-order valence-corrected chi connectivity index (χ3v) is 3.18. The number of carbonyl (C=O) groups is 2. The van der Waals surface area contributed by atoms with E-state index < -0.39 is 23.1 Å². The maximum atomic E-state index is 11.6. The largest absolute Gasteiger partial charge is 0.481 e. The summed E-state index contributed by atoms with van der Waals surface area (Å²) in [6.45, 7) is 8.87.